The first kappa shape index (κ1) is 34.3. The highest BCUT2D eigenvalue weighted by atomic mass is 16.5. The van der Waals surface area contributed by atoms with Crippen molar-refractivity contribution in [3.63, 3.8) is 0 Å². The molecule has 9 nitrogen and oxygen atoms in total. The number of rotatable bonds is 13. The van der Waals surface area contributed by atoms with Gasteiger partial charge in [-0.15, -0.1) is 0 Å². The van der Waals surface area contributed by atoms with Gasteiger partial charge >= 0.3 is 6.03 Å². The van der Waals surface area contributed by atoms with E-state index in [-0.39, 0.29) is 24.1 Å². The molecular formula is C39H46N4O5. The molecule has 1 heterocycles. The van der Waals surface area contributed by atoms with Crippen molar-refractivity contribution in [2.75, 3.05) is 30.8 Å². The quantitative estimate of drug-likeness (QED) is 0.134. The molecule has 1 saturated heterocycles. The largest absolute Gasteiger partial charge is 0.493 e. The number of likely N-dealkylation sites (tertiary alicyclic amines) is 1. The van der Waals surface area contributed by atoms with Gasteiger partial charge in [-0.05, 0) is 98.3 Å². The number of nitrogens with zero attached hydrogens (tertiary/aromatic N) is 1. The predicted molar refractivity (Wildman–Crippen MR) is 191 cm³/mol. The van der Waals surface area contributed by atoms with E-state index in [1.807, 2.05) is 51.1 Å². The van der Waals surface area contributed by atoms with Gasteiger partial charge in [0.25, 0.3) is 5.91 Å². The van der Waals surface area contributed by atoms with E-state index in [0.717, 1.165) is 56.6 Å². The van der Waals surface area contributed by atoms with E-state index in [4.69, 9.17) is 14.2 Å². The smallest absolute Gasteiger partial charge is 0.319 e. The first-order valence-corrected chi connectivity index (χ1v) is 16.7. The van der Waals surface area contributed by atoms with Crippen molar-refractivity contribution in [2.45, 2.75) is 65.1 Å². The Morgan fingerprint density at radius 1 is 0.812 bits per heavy atom. The lowest BCUT2D eigenvalue weighted by Gasteiger charge is -2.32. The maximum Gasteiger partial charge on any atom is 0.319 e. The normalized spacial score (nSPS) is 13.5. The molecule has 1 fully saturated rings. The highest BCUT2D eigenvalue weighted by Crippen LogP contribution is 2.36. The first-order chi connectivity index (χ1) is 23.3. The summed E-state index contributed by atoms with van der Waals surface area (Å²) in [5, 5.41) is 8.79. The molecule has 9 heteroatoms. The van der Waals surface area contributed by atoms with Crippen LogP contribution in [0.4, 0.5) is 16.2 Å². The standard InChI is InChI=1S/C39H46N4O5/c1-5-30(6-2)41-39(45)42-32-15-19-36(37(25-32)46-4)48-35-18-14-31(24-27(35)3)40-38(44)29-12-16-33(17-13-29)47-34-20-22-43(23-21-34)26-28-10-8-7-9-11-28/h7-19,24-25,30,34H,5-6,20-23,26H2,1-4H3,(H,40,44)(H2,41,42,45). The minimum atomic E-state index is -0.261. The average molecular weight is 651 g/mol. The second kappa shape index (κ2) is 16.7. The molecule has 0 saturated carbocycles. The van der Waals surface area contributed by atoms with Crippen LogP contribution in [0.1, 0.15) is 61.0 Å². The van der Waals surface area contributed by atoms with E-state index in [1.54, 1.807) is 43.5 Å². The van der Waals surface area contributed by atoms with Gasteiger partial charge in [0.05, 0.1) is 7.11 Å². The number of benzene rings is 4. The molecule has 5 rings (SSSR count). The number of hydrogen-bond acceptors (Lipinski definition) is 6. The molecule has 1 aliphatic rings. The third-order valence-corrected chi connectivity index (χ3v) is 8.60. The number of urea groups is 1. The van der Waals surface area contributed by atoms with Crippen LogP contribution in [0, 0.1) is 6.92 Å². The van der Waals surface area contributed by atoms with Crippen LogP contribution in [0.2, 0.25) is 0 Å². The zero-order valence-corrected chi connectivity index (χ0v) is 28.3. The van der Waals surface area contributed by atoms with Crippen molar-refractivity contribution in [3.8, 4) is 23.0 Å². The second-order valence-corrected chi connectivity index (χ2v) is 12.1. The monoisotopic (exact) mass is 650 g/mol. The van der Waals surface area contributed by atoms with E-state index < -0.39 is 0 Å². The van der Waals surface area contributed by atoms with Gasteiger partial charge in [-0.2, -0.15) is 0 Å². The molecule has 252 valence electrons. The zero-order valence-electron chi connectivity index (χ0n) is 28.3. The predicted octanol–water partition coefficient (Wildman–Crippen LogP) is 8.40. The molecule has 4 aromatic carbocycles. The topological polar surface area (TPSA) is 101 Å². The maximum absolute atomic E-state index is 13.0. The molecule has 0 bridgehead atoms. The number of piperidine rings is 1. The molecule has 0 unspecified atom stereocenters. The van der Waals surface area contributed by atoms with Crippen LogP contribution < -0.4 is 30.2 Å². The highest BCUT2D eigenvalue weighted by Gasteiger charge is 2.21. The summed E-state index contributed by atoms with van der Waals surface area (Å²) in [6, 6.07) is 28.4. The molecule has 3 N–H and O–H groups in total. The molecule has 0 radical (unpaired) electrons. The Morgan fingerprint density at radius 2 is 1.48 bits per heavy atom. The molecule has 1 aliphatic heterocycles. The van der Waals surface area contributed by atoms with Gasteiger partial charge in [0.1, 0.15) is 17.6 Å². The Morgan fingerprint density at radius 3 is 2.12 bits per heavy atom. The second-order valence-electron chi connectivity index (χ2n) is 12.1. The summed E-state index contributed by atoms with van der Waals surface area (Å²) in [7, 11) is 1.55. The fourth-order valence-corrected chi connectivity index (χ4v) is 5.74. The van der Waals surface area contributed by atoms with Gasteiger partial charge in [0.2, 0.25) is 0 Å². The van der Waals surface area contributed by atoms with Crippen molar-refractivity contribution >= 4 is 23.3 Å². The minimum Gasteiger partial charge on any atom is -0.493 e. The number of anilines is 2. The molecule has 4 aromatic rings. The third kappa shape index (κ3) is 9.51. The molecule has 0 aliphatic carbocycles. The summed E-state index contributed by atoms with van der Waals surface area (Å²) in [5.74, 6) is 2.17. The lowest BCUT2D eigenvalue weighted by atomic mass is 10.1. The SMILES string of the molecule is CCC(CC)NC(=O)Nc1ccc(Oc2ccc(NC(=O)c3ccc(OC4CCN(Cc5ccccc5)CC4)cc3)cc2C)c(OC)c1. The molecule has 3 amide bonds. The van der Waals surface area contributed by atoms with Crippen molar-refractivity contribution in [3.05, 3.63) is 108 Å². The summed E-state index contributed by atoms with van der Waals surface area (Å²) in [4.78, 5) is 27.9. The lowest BCUT2D eigenvalue weighted by Crippen LogP contribution is -2.37. The molecule has 48 heavy (non-hydrogen) atoms. The van der Waals surface area contributed by atoms with Gasteiger partial charge < -0.3 is 30.2 Å². The Kier molecular flexibility index (Phi) is 11.9. The Balaban J connectivity index is 1.11. The van der Waals surface area contributed by atoms with Crippen LogP contribution in [0.25, 0.3) is 0 Å². The summed E-state index contributed by atoms with van der Waals surface area (Å²) < 4.78 is 17.9. The first-order valence-electron chi connectivity index (χ1n) is 16.7. The third-order valence-electron chi connectivity index (χ3n) is 8.60. The molecule has 0 spiro atoms. The van der Waals surface area contributed by atoms with Crippen molar-refractivity contribution in [1.29, 1.82) is 0 Å². The summed E-state index contributed by atoms with van der Waals surface area (Å²) in [5.41, 5.74) is 3.96. The van der Waals surface area contributed by atoms with Crippen LogP contribution in [-0.2, 0) is 6.54 Å². The van der Waals surface area contributed by atoms with Gasteiger partial charge in [0.15, 0.2) is 11.5 Å². The molecule has 0 aromatic heterocycles. The van der Waals surface area contributed by atoms with Gasteiger partial charge in [0, 0.05) is 48.7 Å². The Bertz CT molecular complexity index is 1650. The van der Waals surface area contributed by atoms with E-state index in [9.17, 15) is 9.59 Å². The van der Waals surface area contributed by atoms with Crippen molar-refractivity contribution < 1.29 is 23.8 Å². The highest BCUT2D eigenvalue weighted by molar-refractivity contribution is 6.04. The number of ether oxygens (including phenoxy) is 3. The fraction of sp³-hybridized carbons (Fsp3) is 0.333. The Hall–Kier alpha value is -5.02. The van der Waals surface area contributed by atoms with Gasteiger partial charge in [-0.3, -0.25) is 9.69 Å². The minimum absolute atomic E-state index is 0.120. The summed E-state index contributed by atoms with van der Waals surface area (Å²) >= 11 is 0. The number of carbonyl (C=O) groups excluding carboxylic acids is 2. The zero-order chi connectivity index (χ0) is 33.9. The van der Waals surface area contributed by atoms with Crippen LogP contribution in [0.5, 0.6) is 23.0 Å². The van der Waals surface area contributed by atoms with Crippen LogP contribution in [-0.4, -0.2) is 49.2 Å². The lowest BCUT2D eigenvalue weighted by molar-refractivity contribution is 0.0967. The van der Waals surface area contributed by atoms with Crippen LogP contribution >= 0.6 is 0 Å². The summed E-state index contributed by atoms with van der Waals surface area (Å²) in [6.45, 7) is 8.96. The van der Waals surface area contributed by atoms with Gasteiger partial charge in [-0.25, -0.2) is 4.79 Å². The van der Waals surface area contributed by atoms with E-state index in [2.05, 4.69) is 45.1 Å². The number of aryl methyl sites for hydroxylation is 1. The number of carbonyl (C=O) groups is 2. The van der Waals surface area contributed by atoms with Crippen LogP contribution in [0.15, 0.2) is 91.0 Å². The molecular weight excluding hydrogens is 604 g/mol. The number of amides is 3. The summed E-state index contributed by atoms with van der Waals surface area (Å²) in [6.07, 6.45) is 3.84. The van der Waals surface area contributed by atoms with Gasteiger partial charge in [-0.1, -0.05) is 44.2 Å². The number of nitrogens with one attached hydrogen (secondary N) is 3. The average Bonchev–Trinajstić information content (AvgIpc) is 3.10. The van der Waals surface area contributed by atoms with Crippen molar-refractivity contribution in [1.82, 2.24) is 10.2 Å². The maximum atomic E-state index is 13.0. The number of hydrogen-bond donors (Lipinski definition) is 3. The Labute approximate surface area is 283 Å². The van der Waals surface area contributed by atoms with E-state index in [0.29, 0.717) is 34.2 Å². The van der Waals surface area contributed by atoms with Crippen LogP contribution in [0.3, 0.4) is 0 Å². The number of methoxy groups -OCH3 is 1. The van der Waals surface area contributed by atoms with E-state index >= 15 is 0 Å². The molecule has 0 atom stereocenters. The van der Waals surface area contributed by atoms with Crippen molar-refractivity contribution in [2.24, 2.45) is 0 Å². The van der Waals surface area contributed by atoms with E-state index in [1.165, 1.54) is 5.56 Å². The fourth-order valence-electron chi connectivity index (χ4n) is 5.74.